The van der Waals surface area contributed by atoms with E-state index in [1.54, 1.807) is 18.2 Å². The van der Waals surface area contributed by atoms with Crippen molar-refractivity contribution in [1.82, 2.24) is 9.80 Å². The number of rotatable bonds is 4. The van der Waals surface area contributed by atoms with Crippen LogP contribution in [0.5, 0.6) is 11.5 Å². The van der Waals surface area contributed by atoms with Crippen LogP contribution in [-0.2, 0) is 6.18 Å². The SMILES string of the molecule is COc1cc(OC)cc(C(=O)N2CCN(C(=O)c3ccc(F)c(C(F)(F)F)c3)CC2)c1. The highest BCUT2D eigenvalue weighted by molar-refractivity contribution is 5.96. The Bertz CT molecular complexity index is 964. The van der Waals surface area contributed by atoms with Crippen molar-refractivity contribution in [3.05, 3.63) is 58.9 Å². The summed E-state index contributed by atoms with van der Waals surface area (Å²) in [6.45, 7) is 0.643. The Kier molecular flexibility index (Phi) is 6.37. The summed E-state index contributed by atoms with van der Waals surface area (Å²) in [5.41, 5.74) is -1.39. The third-order valence-electron chi connectivity index (χ3n) is 4.97. The van der Waals surface area contributed by atoms with E-state index < -0.39 is 23.5 Å². The Morgan fingerprint density at radius 1 is 0.806 bits per heavy atom. The van der Waals surface area contributed by atoms with Gasteiger partial charge >= 0.3 is 6.18 Å². The van der Waals surface area contributed by atoms with Gasteiger partial charge in [0.1, 0.15) is 17.3 Å². The Morgan fingerprint density at radius 2 is 1.29 bits per heavy atom. The van der Waals surface area contributed by atoms with Gasteiger partial charge in [0, 0.05) is 43.4 Å². The molecule has 2 amide bonds. The largest absolute Gasteiger partial charge is 0.497 e. The molecule has 0 unspecified atom stereocenters. The minimum atomic E-state index is -4.90. The molecule has 0 atom stereocenters. The van der Waals surface area contributed by atoms with Crippen molar-refractivity contribution < 1.29 is 36.6 Å². The van der Waals surface area contributed by atoms with Crippen molar-refractivity contribution in [2.24, 2.45) is 0 Å². The average Bonchev–Trinajstić information content (AvgIpc) is 2.77. The zero-order valence-electron chi connectivity index (χ0n) is 16.8. The number of carbonyl (C=O) groups excluding carboxylic acids is 2. The van der Waals surface area contributed by atoms with E-state index in [0.717, 1.165) is 6.07 Å². The first-order valence-corrected chi connectivity index (χ1v) is 9.32. The van der Waals surface area contributed by atoms with Crippen LogP contribution in [0.15, 0.2) is 36.4 Å². The molecular formula is C21H20F4N2O4. The summed E-state index contributed by atoms with van der Waals surface area (Å²) in [7, 11) is 2.93. The van der Waals surface area contributed by atoms with Gasteiger partial charge in [-0.1, -0.05) is 0 Å². The smallest absolute Gasteiger partial charge is 0.419 e. The van der Waals surface area contributed by atoms with Crippen molar-refractivity contribution in [3.63, 3.8) is 0 Å². The Balaban J connectivity index is 1.70. The van der Waals surface area contributed by atoms with Crippen LogP contribution in [0.3, 0.4) is 0 Å². The molecule has 10 heteroatoms. The molecule has 3 rings (SSSR count). The topological polar surface area (TPSA) is 59.1 Å². The minimum absolute atomic E-state index is 0.129. The van der Waals surface area contributed by atoms with Crippen molar-refractivity contribution >= 4 is 11.8 Å². The maximum atomic E-state index is 13.5. The lowest BCUT2D eigenvalue weighted by molar-refractivity contribution is -0.140. The first kappa shape index (κ1) is 22.4. The van der Waals surface area contributed by atoms with E-state index in [4.69, 9.17) is 9.47 Å². The number of nitrogens with zero attached hydrogens (tertiary/aromatic N) is 2. The van der Waals surface area contributed by atoms with Gasteiger partial charge in [-0.25, -0.2) is 4.39 Å². The number of hydrogen-bond donors (Lipinski definition) is 0. The lowest BCUT2D eigenvalue weighted by Crippen LogP contribution is -2.50. The number of methoxy groups -OCH3 is 2. The monoisotopic (exact) mass is 440 g/mol. The third kappa shape index (κ3) is 4.89. The lowest BCUT2D eigenvalue weighted by atomic mass is 10.1. The van der Waals surface area contributed by atoms with Gasteiger partial charge in [-0.15, -0.1) is 0 Å². The number of ether oxygens (including phenoxy) is 2. The molecule has 0 aromatic heterocycles. The molecule has 2 aromatic rings. The molecule has 2 aromatic carbocycles. The minimum Gasteiger partial charge on any atom is -0.497 e. The number of halogens is 4. The second-order valence-corrected chi connectivity index (χ2v) is 6.88. The van der Waals surface area contributed by atoms with Crippen LogP contribution < -0.4 is 9.47 Å². The van der Waals surface area contributed by atoms with Gasteiger partial charge in [0.25, 0.3) is 11.8 Å². The predicted octanol–water partition coefficient (Wildman–Crippen LogP) is 3.46. The number of hydrogen-bond acceptors (Lipinski definition) is 4. The van der Waals surface area contributed by atoms with Gasteiger partial charge < -0.3 is 19.3 Å². The van der Waals surface area contributed by atoms with Gasteiger partial charge in [-0.05, 0) is 30.3 Å². The maximum Gasteiger partial charge on any atom is 0.419 e. The molecule has 0 saturated carbocycles. The standard InChI is InChI=1S/C21H20F4N2O4/c1-30-15-9-14(10-16(12-15)31-2)20(29)27-7-5-26(6-8-27)19(28)13-3-4-18(22)17(11-13)21(23,24)25/h3-4,9-12H,5-8H2,1-2H3. The van der Waals surface area contributed by atoms with Crippen LogP contribution in [0.4, 0.5) is 17.6 Å². The summed E-state index contributed by atoms with van der Waals surface area (Å²) in [6.07, 6.45) is -4.90. The summed E-state index contributed by atoms with van der Waals surface area (Å²) in [6, 6.07) is 6.93. The van der Waals surface area contributed by atoms with E-state index in [1.165, 1.54) is 24.0 Å². The van der Waals surface area contributed by atoms with Crippen LogP contribution in [0.25, 0.3) is 0 Å². The number of alkyl halides is 3. The summed E-state index contributed by atoms with van der Waals surface area (Å²) in [5, 5.41) is 0. The van der Waals surface area contributed by atoms with E-state index >= 15 is 0 Å². The van der Waals surface area contributed by atoms with Crippen molar-refractivity contribution in [2.75, 3.05) is 40.4 Å². The fraction of sp³-hybridized carbons (Fsp3) is 0.333. The molecule has 31 heavy (non-hydrogen) atoms. The molecule has 1 aliphatic rings. The van der Waals surface area contributed by atoms with Gasteiger partial charge in [0.15, 0.2) is 0 Å². The Morgan fingerprint density at radius 3 is 1.74 bits per heavy atom. The second kappa shape index (κ2) is 8.83. The molecule has 1 aliphatic heterocycles. The van der Waals surface area contributed by atoms with Crippen LogP contribution in [0.2, 0.25) is 0 Å². The number of piperazine rings is 1. The first-order chi connectivity index (χ1) is 14.6. The van der Waals surface area contributed by atoms with E-state index in [9.17, 15) is 27.2 Å². The third-order valence-corrected chi connectivity index (χ3v) is 4.97. The van der Waals surface area contributed by atoms with Gasteiger partial charge in [0.05, 0.1) is 19.8 Å². The molecule has 1 saturated heterocycles. The molecule has 166 valence electrons. The maximum absolute atomic E-state index is 13.5. The molecule has 0 N–H and O–H groups in total. The highest BCUT2D eigenvalue weighted by atomic mass is 19.4. The quantitative estimate of drug-likeness (QED) is 0.684. The second-order valence-electron chi connectivity index (χ2n) is 6.88. The highest BCUT2D eigenvalue weighted by Crippen LogP contribution is 2.32. The lowest BCUT2D eigenvalue weighted by Gasteiger charge is -2.35. The van der Waals surface area contributed by atoms with Crippen molar-refractivity contribution in [1.29, 1.82) is 0 Å². The normalized spacial score (nSPS) is 14.4. The molecule has 0 aliphatic carbocycles. The fourth-order valence-corrected chi connectivity index (χ4v) is 3.28. The van der Waals surface area contributed by atoms with Crippen LogP contribution in [0, 0.1) is 5.82 Å². The molecule has 0 spiro atoms. The summed E-state index contributed by atoms with van der Waals surface area (Å²) in [4.78, 5) is 28.3. The van der Waals surface area contributed by atoms with Crippen LogP contribution >= 0.6 is 0 Å². The van der Waals surface area contributed by atoms with Gasteiger partial charge in [0.2, 0.25) is 0 Å². The predicted molar refractivity (Wildman–Crippen MR) is 103 cm³/mol. The zero-order valence-corrected chi connectivity index (χ0v) is 16.8. The Labute approximate surface area is 175 Å². The highest BCUT2D eigenvalue weighted by Gasteiger charge is 2.35. The van der Waals surface area contributed by atoms with Crippen molar-refractivity contribution in [2.45, 2.75) is 6.18 Å². The van der Waals surface area contributed by atoms with E-state index in [1.807, 2.05) is 0 Å². The van der Waals surface area contributed by atoms with E-state index in [2.05, 4.69) is 0 Å². The van der Waals surface area contributed by atoms with Gasteiger partial charge in [-0.2, -0.15) is 13.2 Å². The molecule has 0 bridgehead atoms. The van der Waals surface area contributed by atoms with E-state index in [0.29, 0.717) is 29.2 Å². The fourth-order valence-electron chi connectivity index (χ4n) is 3.28. The Hall–Kier alpha value is -3.30. The summed E-state index contributed by atoms with van der Waals surface area (Å²) >= 11 is 0. The van der Waals surface area contributed by atoms with Crippen LogP contribution in [-0.4, -0.2) is 62.0 Å². The van der Waals surface area contributed by atoms with Crippen LogP contribution in [0.1, 0.15) is 26.3 Å². The number of benzene rings is 2. The number of amides is 2. The molecule has 6 nitrogen and oxygen atoms in total. The molecule has 1 fully saturated rings. The summed E-state index contributed by atoms with van der Waals surface area (Å²) in [5.74, 6) is -1.47. The zero-order chi connectivity index (χ0) is 22.8. The molecular weight excluding hydrogens is 420 g/mol. The first-order valence-electron chi connectivity index (χ1n) is 9.32. The summed E-state index contributed by atoms with van der Waals surface area (Å²) < 4.78 is 62.6. The van der Waals surface area contributed by atoms with Gasteiger partial charge in [-0.3, -0.25) is 9.59 Å². The molecule has 0 radical (unpaired) electrons. The molecule has 1 heterocycles. The van der Waals surface area contributed by atoms with Crippen molar-refractivity contribution in [3.8, 4) is 11.5 Å². The van der Waals surface area contributed by atoms with E-state index in [-0.39, 0.29) is 37.6 Å². The number of carbonyl (C=O) groups is 2. The average molecular weight is 440 g/mol.